The second kappa shape index (κ2) is 5.89. The molecule has 3 rings (SSSR count). The van der Waals surface area contributed by atoms with Crippen molar-refractivity contribution in [2.45, 2.75) is 19.4 Å². The van der Waals surface area contributed by atoms with Crippen molar-refractivity contribution in [2.24, 2.45) is 0 Å². The maximum atomic E-state index is 11.7. The lowest BCUT2D eigenvalue weighted by molar-refractivity contribution is -0.140. The molecule has 0 spiro atoms. The minimum absolute atomic E-state index is 0.388. The van der Waals surface area contributed by atoms with E-state index in [1.54, 1.807) is 23.0 Å². The standard InChI is InChI=1S/C17H16N2O3/c1-12-7-8-15(22-12)16-18-9-10-19(16)14(17(20)21)11-13-5-3-2-4-6-13/h2-10,14H,11H2,1H3,(H,20,21). The number of nitrogens with zero attached hydrogens (tertiary/aromatic N) is 2. The molecule has 112 valence electrons. The second-order valence-corrected chi connectivity index (χ2v) is 5.11. The van der Waals surface area contributed by atoms with E-state index in [0.29, 0.717) is 18.0 Å². The molecule has 22 heavy (non-hydrogen) atoms. The molecule has 2 heterocycles. The molecule has 5 heteroatoms. The van der Waals surface area contributed by atoms with E-state index in [0.717, 1.165) is 11.3 Å². The highest BCUT2D eigenvalue weighted by Gasteiger charge is 2.24. The molecule has 0 amide bonds. The minimum atomic E-state index is -0.897. The van der Waals surface area contributed by atoms with E-state index in [2.05, 4.69) is 4.98 Å². The first-order valence-corrected chi connectivity index (χ1v) is 7.01. The molecule has 0 aliphatic carbocycles. The van der Waals surface area contributed by atoms with Crippen molar-refractivity contribution in [1.82, 2.24) is 9.55 Å². The van der Waals surface area contributed by atoms with Crippen molar-refractivity contribution < 1.29 is 14.3 Å². The number of aryl methyl sites for hydroxylation is 1. The summed E-state index contributed by atoms with van der Waals surface area (Å²) in [6, 6.07) is 12.5. The van der Waals surface area contributed by atoms with E-state index in [-0.39, 0.29) is 0 Å². The van der Waals surface area contributed by atoms with E-state index >= 15 is 0 Å². The summed E-state index contributed by atoms with van der Waals surface area (Å²) in [7, 11) is 0. The Bertz CT molecular complexity index is 774. The zero-order chi connectivity index (χ0) is 15.5. The number of benzene rings is 1. The van der Waals surface area contributed by atoms with Gasteiger partial charge in [-0.2, -0.15) is 0 Å². The Balaban J connectivity index is 1.96. The molecule has 1 N–H and O–H groups in total. The van der Waals surface area contributed by atoms with Crippen LogP contribution in [0.2, 0.25) is 0 Å². The van der Waals surface area contributed by atoms with Crippen LogP contribution in [-0.2, 0) is 11.2 Å². The van der Waals surface area contributed by atoms with Crippen LogP contribution in [0.1, 0.15) is 17.4 Å². The topological polar surface area (TPSA) is 68.3 Å². The van der Waals surface area contributed by atoms with Crippen LogP contribution < -0.4 is 0 Å². The van der Waals surface area contributed by atoms with Gasteiger partial charge in [0.2, 0.25) is 0 Å². The monoisotopic (exact) mass is 296 g/mol. The second-order valence-electron chi connectivity index (χ2n) is 5.11. The van der Waals surface area contributed by atoms with Gasteiger partial charge in [-0.05, 0) is 24.6 Å². The van der Waals surface area contributed by atoms with Crippen LogP contribution in [0.4, 0.5) is 0 Å². The smallest absolute Gasteiger partial charge is 0.327 e. The van der Waals surface area contributed by atoms with Crippen LogP contribution in [0.3, 0.4) is 0 Å². The summed E-state index contributed by atoms with van der Waals surface area (Å²) >= 11 is 0. The molecule has 0 aliphatic rings. The first-order valence-electron chi connectivity index (χ1n) is 7.01. The number of furan rings is 1. The molecule has 0 fully saturated rings. The third-order valence-corrected chi connectivity index (χ3v) is 3.52. The summed E-state index contributed by atoms with van der Waals surface area (Å²) in [5.74, 6) is 0.962. The van der Waals surface area contributed by atoms with Crippen molar-refractivity contribution in [3.05, 3.63) is 66.2 Å². The fourth-order valence-corrected chi connectivity index (χ4v) is 2.45. The Kier molecular flexibility index (Phi) is 3.78. The average molecular weight is 296 g/mol. The maximum absolute atomic E-state index is 11.7. The summed E-state index contributed by atoms with van der Waals surface area (Å²) in [5.41, 5.74) is 0.963. The molecule has 1 aromatic carbocycles. The molecule has 3 aromatic rings. The lowest BCUT2D eigenvalue weighted by Gasteiger charge is -2.16. The van der Waals surface area contributed by atoms with Crippen molar-refractivity contribution in [2.75, 3.05) is 0 Å². The first kappa shape index (κ1) is 14.1. The Labute approximate surface area is 127 Å². The van der Waals surface area contributed by atoms with Crippen molar-refractivity contribution in [1.29, 1.82) is 0 Å². The maximum Gasteiger partial charge on any atom is 0.327 e. The predicted molar refractivity (Wildman–Crippen MR) is 81.5 cm³/mol. The molecule has 0 radical (unpaired) electrons. The Morgan fingerprint density at radius 2 is 2.05 bits per heavy atom. The van der Waals surface area contributed by atoms with Gasteiger partial charge < -0.3 is 14.1 Å². The molecule has 0 saturated carbocycles. The van der Waals surface area contributed by atoms with Gasteiger partial charge in [0, 0.05) is 18.8 Å². The zero-order valence-corrected chi connectivity index (χ0v) is 12.1. The van der Waals surface area contributed by atoms with Crippen molar-refractivity contribution >= 4 is 5.97 Å². The Morgan fingerprint density at radius 1 is 1.27 bits per heavy atom. The third-order valence-electron chi connectivity index (χ3n) is 3.52. The van der Waals surface area contributed by atoms with Gasteiger partial charge in [0.25, 0.3) is 0 Å². The molecular weight excluding hydrogens is 280 g/mol. The molecule has 2 aromatic heterocycles. The average Bonchev–Trinajstić information content (AvgIpc) is 3.14. The van der Waals surface area contributed by atoms with E-state index in [4.69, 9.17) is 4.42 Å². The van der Waals surface area contributed by atoms with Crippen LogP contribution in [0.15, 0.2) is 59.3 Å². The van der Waals surface area contributed by atoms with Gasteiger partial charge in [-0.15, -0.1) is 0 Å². The van der Waals surface area contributed by atoms with Gasteiger partial charge in [0.05, 0.1) is 0 Å². The van der Waals surface area contributed by atoms with Crippen molar-refractivity contribution in [3.63, 3.8) is 0 Å². The molecule has 5 nitrogen and oxygen atoms in total. The summed E-state index contributed by atoms with van der Waals surface area (Å²) in [4.78, 5) is 16.0. The summed E-state index contributed by atoms with van der Waals surface area (Å²) in [5, 5.41) is 9.60. The van der Waals surface area contributed by atoms with Crippen LogP contribution in [0.25, 0.3) is 11.6 Å². The van der Waals surface area contributed by atoms with E-state index in [9.17, 15) is 9.90 Å². The Hall–Kier alpha value is -2.82. The third kappa shape index (κ3) is 2.79. The van der Waals surface area contributed by atoms with Gasteiger partial charge in [-0.25, -0.2) is 9.78 Å². The summed E-state index contributed by atoms with van der Waals surface area (Å²) in [6.45, 7) is 1.84. The fraction of sp³-hybridized carbons (Fsp3) is 0.176. The number of imidazole rings is 1. The number of aliphatic carboxylic acids is 1. The van der Waals surface area contributed by atoms with Crippen LogP contribution in [-0.4, -0.2) is 20.6 Å². The van der Waals surface area contributed by atoms with E-state index in [1.165, 1.54) is 0 Å². The lowest BCUT2D eigenvalue weighted by Crippen LogP contribution is -2.21. The number of hydrogen-bond acceptors (Lipinski definition) is 3. The number of rotatable bonds is 5. The molecule has 0 aliphatic heterocycles. The number of carbonyl (C=O) groups is 1. The number of carboxylic acids is 1. The van der Waals surface area contributed by atoms with Gasteiger partial charge in [0.15, 0.2) is 11.6 Å². The van der Waals surface area contributed by atoms with Crippen LogP contribution in [0, 0.1) is 6.92 Å². The van der Waals surface area contributed by atoms with Gasteiger partial charge in [-0.3, -0.25) is 0 Å². The SMILES string of the molecule is Cc1ccc(-c2nccn2C(Cc2ccccc2)C(=O)O)o1. The van der Waals surface area contributed by atoms with Gasteiger partial charge in [-0.1, -0.05) is 30.3 Å². The highest BCUT2D eigenvalue weighted by Crippen LogP contribution is 2.25. The molecule has 1 unspecified atom stereocenters. The Morgan fingerprint density at radius 3 is 2.68 bits per heavy atom. The van der Waals surface area contributed by atoms with Gasteiger partial charge in [0.1, 0.15) is 11.8 Å². The van der Waals surface area contributed by atoms with Crippen LogP contribution in [0.5, 0.6) is 0 Å². The predicted octanol–water partition coefficient (Wildman–Crippen LogP) is 3.32. The number of carboxylic acid groups (broad SMARTS) is 1. The number of aromatic nitrogens is 2. The highest BCUT2D eigenvalue weighted by atomic mass is 16.4. The summed E-state index contributed by atoms with van der Waals surface area (Å²) in [6.07, 6.45) is 3.66. The normalized spacial score (nSPS) is 12.2. The fourth-order valence-electron chi connectivity index (χ4n) is 2.45. The highest BCUT2D eigenvalue weighted by molar-refractivity contribution is 5.73. The largest absolute Gasteiger partial charge is 0.480 e. The molecule has 1 atom stereocenters. The molecular formula is C17H16N2O3. The van der Waals surface area contributed by atoms with E-state index in [1.807, 2.05) is 43.3 Å². The number of hydrogen-bond donors (Lipinski definition) is 1. The lowest BCUT2D eigenvalue weighted by atomic mass is 10.1. The minimum Gasteiger partial charge on any atom is -0.480 e. The van der Waals surface area contributed by atoms with Gasteiger partial charge >= 0.3 is 5.97 Å². The quantitative estimate of drug-likeness (QED) is 0.784. The molecule has 0 saturated heterocycles. The van der Waals surface area contributed by atoms with Crippen molar-refractivity contribution in [3.8, 4) is 11.6 Å². The molecule has 0 bridgehead atoms. The van der Waals surface area contributed by atoms with E-state index < -0.39 is 12.0 Å². The zero-order valence-electron chi connectivity index (χ0n) is 12.1. The summed E-state index contributed by atoms with van der Waals surface area (Å²) < 4.78 is 7.22. The first-order chi connectivity index (χ1) is 10.6. The van der Waals surface area contributed by atoms with Crippen LogP contribution >= 0.6 is 0 Å².